The molecule has 1 heterocycles. The van der Waals surface area contributed by atoms with Gasteiger partial charge < -0.3 is 10.3 Å². The van der Waals surface area contributed by atoms with Gasteiger partial charge in [0.05, 0.1) is 16.1 Å². The van der Waals surface area contributed by atoms with Gasteiger partial charge in [-0.05, 0) is 31.4 Å². The van der Waals surface area contributed by atoms with E-state index < -0.39 is 5.54 Å². The molecule has 5 heteroatoms. The van der Waals surface area contributed by atoms with Gasteiger partial charge in [0.1, 0.15) is 0 Å². The number of nitrogens with two attached hydrogens (primary N) is 1. The smallest absolute Gasteiger partial charge is 0.259 e. The van der Waals surface area contributed by atoms with Gasteiger partial charge in [0.15, 0.2) is 5.82 Å². The Morgan fingerprint density at radius 1 is 1.32 bits per heavy atom. The summed E-state index contributed by atoms with van der Waals surface area (Å²) in [5.74, 6) is 1.04. The molecule has 1 fully saturated rings. The first-order valence-corrected chi connectivity index (χ1v) is 6.86. The molecule has 0 atom stereocenters. The molecule has 100 valence electrons. The van der Waals surface area contributed by atoms with Gasteiger partial charge in [-0.25, -0.2) is 0 Å². The van der Waals surface area contributed by atoms with Crippen LogP contribution in [-0.2, 0) is 5.54 Å². The minimum absolute atomic E-state index is 0.432. The molecule has 1 aromatic heterocycles. The molecule has 1 aliphatic carbocycles. The lowest BCUT2D eigenvalue weighted by atomic mass is 9.98. The van der Waals surface area contributed by atoms with Crippen molar-refractivity contribution in [3.63, 3.8) is 0 Å². The molecule has 2 aromatic rings. The van der Waals surface area contributed by atoms with Crippen LogP contribution in [0.15, 0.2) is 22.7 Å². The van der Waals surface area contributed by atoms with Gasteiger partial charge in [0.2, 0.25) is 0 Å². The van der Waals surface area contributed by atoms with E-state index in [2.05, 4.69) is 10.1 Å². The third-order valence-corrected chi connectivity index (χ3v) is 4.29. The highest BCUT2D eigenvalue weighted by molar-refractivity contribution is 6.33. The fourth-order valence-corrected chi connectivity index (χ4v) is 2.78. The number of halogens is 1. The number of aromatic nitrogens is 2. The standard InChI is InChI=1S/C14H16ClN3O/c1-9-5-4-6-10(11(9)15)12-17-13(18-19-12)14(16)7-2-3-8-14/h4-6H,2-3,7-8,16H2,1H3. The molecule has 0 radical (unpaired) electrons. The van der Waals surface area contributed by atoms with Gasteiger partial charge >= 0.3 is 0 Å². The Morgan fingerprint density at radius 2 is 2.05 bits per heavy atom. The average molecular weight is 278 g/mol. The van der Waals surface area contributed by atoms with Crippen molar-refractivity contribution in [2.75, 3.05) is 0 Å². The third-order valence-electron chi connectivity index (χ3n) is 3.79. The molecule has 2 N–H and O–H groups in total. The van der Waals surface area contributed by atoms with E-state index in [-0.39, 0.29) is 0 Å². The lowest BCUT2D eigenvalue weighted by molar-refractivity contribution is 0.372. The molecular weight excluding hydrogens is 262 g/mol. The van der Waals surface area contributed by atoms with Crippen molar-refractivity contribution in [2.45, 2.75) is 38.1 Å². The molecule has 0 unspecified atom stereocenters. The van der Waals surface area contributed by atoms with E-state index in [0.717, 1.165) is 36.8 Å². The van der Waals surface area contributed by atoms with Crippen molar-refractivity contribution in [1.29, 1.82) is 0 Å². The molecular formula is C14H16ClN3O. The highest BCUT2D eigenvalue weighted by atomic mass is 35.5. The van der Waals surface area contributed by atoms with E-state index in [1.807, 2.05) is 25.1 Å². The molecule has 1 aromatic carbocycles. The molecule has 0 bridgehead atoms. The first-order chi connectivity index (χ1) is 9.10. The number of hydrogen-bond acceptors (Lipinski definition) is 4. The zero-order valence-electron chi connectivity index (χ0n) is 10.8. The first kappa shape index (κ1) is 12.6. The van der Waals surface area contributed by atoms with Crippen LogP contribution >= 0.6 is 11.6 Å². The SMILES string of the molecule is Cc1cccc(-c2nc(C3(N)CCCC3)no2)c1Cl. The van der Waals surface area contributed by atoms with Crippen molar-refractivity contribution >= 4 is 11.6 Å². The Morgan fingerprint density at radius 3 is 2.79 bits per heavy atom. The maximum atomic E-state index is 6.32. The summed E-state index contributed by atoms with van der Waals surface area (Å²) in [6, 6.07) is 5.75. The molecule has 1 saturated carbocycles. The zero-order chi connectivity index (χ0) is 13.5. The molecule has 0 aliphatic heterocycles. The Hall–Kier alpha value is -1.39. The molecule has 19 heavy (non-hydrogen) atoms. The highest BCUT2D eigenvalue weighted by Crippen LogP contribution is 2.36. The van der Waals surface area contributed by atoms with Crippen molar-refractivity contribution in [3.8, 4) is 11.5 Å². The Kier molecular flexibility index (Phi) is 3.07. The first-order valence-electron chi connectivity index (χ1n) is 6.49. The van der Waals surface area contributed by atoms with Crippen LogP contribution in [0.25, 0.3) is 11.5 Å². The van der Waals surface area contributed by atoms with Crippen molar-refractivity contribution in [2.24, 2.45) is 5.73 Å². The summed E-state index contributed by atoms with van der Waals surface area (Å²) in [5.41, 5.74) is 7.64. The second-order valence-corrected chi connectivity index (χ2v) is 5.60. The zero-order valence-corrected chi connectivity index (χ0v) is 11.6. The molecule has 1 aliphatic rings. The van der Waals surface area contributed by atoms with Gasteiger partial charge in [0.25, 0.3) is 5.89 Å². The van der Waals surface area contributed by atoms with Gasteiger partial charge in [0, 0.05) is 0 Å². The minimum Gasteiger partial charge on any atom is -0.334 e. The van der Waals surface area contributed by atoms with Crippen LogP contribution in [0.4, 0.5) is 0 Å². The quantitative estimate of drug-likeness (QED) is 0.913. The van der Waals surface area contributed by atoms with Gasteiger partial charge in [-0.15, -0.1) is 0 Å². The van der Waals surface area contributed by atoms with E-state index in [9.17, 15) is 0 Å². The topological polar surface area (TPSA) is 64.9 Å². The Bertz CT molecular complexity index is 602. The second kappa shape index (κ2) is 4.62. The largest absolute Gasteiger partial charge is 0.334 e. The fourth-order valence-electron chi connectivity index (χ4n) is 2.58. The molecule has 0 amide bonds. The van der Waals surface area contributed by atoms with Crippen LogP contribution in [0.3, 0.4) is 0 Å². The predicted molar refractivity (Wildman–Crippen MR) is 73.8 cm³/mol. The van der Waals surface area contributed by atoms with Gasteiger partial charge in [-0.3, -0.25) is 0 Å². The lowest BCUT2D eigenvalue weighted by Crippen LogP contribution is -2.34. The second-order valence-electron chi connectivity index (χ2n) is 5.22. The Balaban J connectivity index is 1.99. The third kappa shape index (κ3) is 2.15. The molecule has 0 saturated heterocycles. The average Bonchev–Trinajstić information content (AvgIpc) is 3.02. The molecule has 3 rings (SSSR count). The van der Waals surface area contributed by atoms with E-state index in [0.29, 0.717) is 16.7 Å². The Labute approximate surface area is 117 Å². The maximum absolute atomic E-state index is 6.32. The normalized spacial score (nSPS) is 17.8. The summed E-state index contributed by atoms with van der Waals surface area (Å²) in [7, 11) is 0. The monoisotopic (exact) mass is 277 g/mol. The summed E-state index contributed by atoms with van der Waals surface area (Å²) < 4.78 is 5.34. The van der Waals surface area contributed by atoms with E-state index in [1.54, 1.807) is 0 Å². The van der Waals surface area contributed by atoms with Crippen molar-refractivity contribution in [3.05, 3.63) is 34.6 Å². The van der Waals surface area contributed by atoms with Crippen LogP contribution in [0, 0.1) is 6.92 Å². The van der Waals surface area contributed by atoms with E-state index >= 15 is 0 Å². The van der Waals surface area contributed by atoms with Crippen LogP contribution in [0.1, 0.15) is 37.1 Å². The number of nitrogens with zero attached hydrogens (tertiary/aromatic N) is 2. The summed E-state index contributed by atoms with van der Waals surface area (Å²) in [6.07, 6.45) is 4.05. The summed E-state index contributed by atoms with van der Waals surface area (Å²) in [5, 5.41) is 4.70. The highest BCUT2D eigenvalue weighted by Gasteiger charge is 2.36. The fraction of sp³-hybridized carbons (Fsp3) is 0.429. The lowest BCUT2D eigenvalue weighted by Gasteiger charge is -2.17. The van der Waals surface area contributed by atoms with Crippen LogP contribution in [-0.4, -0.2) is 10.1 Å². The number of rotatable bonds is 2. The molecule has 0 spiro atoms. The van der Waals surface area contributed by atoms with Gasteiger partial charge in [-0.2, -0.15) is 4.98 Å². The van der Waals surface area contributed by atoms with Crippen molar-refractivity contribution in [1.82, 2.24) is 10.1 Å². The maximum Gasteiger partial charge on any atom is 0.259 e. The predicted octanol–water partition coefficient (Wildman–Crippen LogP) is 3.43. The van der Waals surface area contributed by atoms with Crippen molar-refractivity contribution < 1.29 is 4.52 Å². The van der Waals surface area contributed by atoms with Crippen LogP contribution < -0.4 is 5.73 Å². The number of benzene rings is 1. The number of aryl methyl sites for hydroxylation is 1. The summed E-state index contributed by atoms with van der Waals surface area (Å²) >= 11 is 6.27. The number of hydrogen-bond donors (Lipinski definition) is 1. The van der Waals surface area contributed by atoms with E-state index in [1.165, 1.54) is 0 Å². The summed E-state index contributed by atoms with van der Waals surface area (Å²) in [4.78, 5) is 4.45. The van der Waals surface area contributed by atoms with Crippen LogP contribution in [0.5, 0.6) is 0 Å². The summed E-state index contributed by atoms with van der Waals surface area (Å²) in [6.45, 7) is 1.95. The van der Waals surface area contributed by atoms with E-state index in [4.69, 9.17) is 21.9 Å². The van der Waals surface area contributed by atoms with Crippen LogP contribution in [0.2, 0.25) is 5.02 Å². The minimum atomic E-state index is -0.432. The van der Waals surface area contributed by atoms with Gasteiger partial charge in [-0.1, -0.05) is 41.7 Å². The molecule has 4 nitrogen and oxygen atoms in total.